The van der Waals surface area contributed by atoms with Gasteiger partial charge in [0.05, 0.1) is 17.3 Å². The summed E-state index contributed by atoms with van der Waals surface area (Å²) < 4.78 is 12.1. The Morgan fingerprint density at radius 3 is 2.35 bits per heavy atom. The molecule has 0 aromatic heterocycles. The molecule has 3 aromatic rings. The van der Waals surface area contributed by atoms with Gasteiger partial charge in [0.2, 0.25) is 0 Å². The monoisotopic (exact) mass is 478 g/mol. The standard InChI is InChI=1S/C24H19BrN2O4/c1-30-21-14-17(13-20(25)22(21)31-15-16-8-4-2-5-9-16)12-19-23(28)26-27(24(19)29)18-10-6-3-7-11-18/h2-14H,15H2,1H3,(H,26,28)/b19-12+. The maximum absolute atomic E-state index is 12.8. The number of para-hydroxylation sites is 1. The number of carbonyl (C=O) groups excluding carboxylic acids is 2. The van der Waals surface area contributed by atoms with E-state index in [9.17, 15) is 9.59 Å². The number of methoxy groups -OCH3 is 1. The predicted molar refractivity (Wildman–Crippen MR) is 122 cm³/mol. The van der Waals surface area contributed by atoms with Crippen LogP contribution in [-0.4, -0.2) is 18.9 Å². The van der Waals surface area contributed by atoms with Crippen molar-refractivity contribution in [2.45, 2.75) is 6.61 Å². The van der Waals surface area contributed by atoms with Gasteiger partial charge in [0.15, 0.2) is 11.5 Å². The minimum atomic E-state index is -0.464. The lowest BCUT2D eigenvalue weighted by Crippen LogP contribution is -2.35. The molecule has 1 aliphatic heterocycles. The quantitative estimate of drug-likeness (QED) is 0.418. The molecule has 3 aromatic carbocycles. The molecule has 0 unspecified atom stereocenters. The highest BCUT2D eigenvalue weighted by Crippen LogP contribution is 2.38. The van der Waals surface area contributed by atoms with E-state index in [1.165, 1.54) is 11.1 Å². The summed E-state index contributed by atoms with van der Waals surface area (Å²) in [7, 11) is 1.54. The van der Waals surface area contributed by atoms with Gasteiger partial charge in [0, 0.05) is 0 Å². The zero-order valence-electron chi connectivity index (χ0n) is 16.7. The average Bonchev–Trinajstić information content (AvgIpc) is 3.07. The normalized spacial score (nSPS) is 14.6. The van der Waals surface area contributed by atoms with E-state index in [-0.39, 0.29) is 5.57 Å². The van der Waals surface area contributed by atoms with E-state index in [1.54, 1.807) is 43.5 Å². The van der Waals surface area contributed by atoms with Crippen molar-refractivity contribution in [3.63, 3.8) is 0 Å². The molecule has 1 aliphatic rings. The molecule has 6 nitrogen and oxygen atoms in total. The van der Waals surface area contributed by atoms with Crippen molar-refractivity contribution in [1.29, 1.82) is 0 Å². The highest BCUT2D eigenvalue weighted by atomic mass is 79.9. The fourth-order valence-corrected chi connectivity index (χ4v) is 3.75. The summed E-state index contributed by atoms with van der Waals surface area (Å²) in [6, 6.07) is 22.2. The van der Waals surface area contributed by atoms with Crippen LogP contribution in [0.25, 0.3) is 6.08 Å². The number of halogens is 1. The first-order valence-corrected chi connectivity index (χ1v) is 10.3. The molecule has 0 saturated carbocycles. The lowest BCUT2D eigenvalue weighted by Gasteiger charge is -2.14. The Kier molecular flexibility index (Phi) is 6.04. The summed E-state index contributed by atoms with van der Waals surface area (Å²) >= 11 is 3.51. The lowest BCUT2D eigenvalue weighted by atomic mass is 10.1. The summed E-state index contributed by atoms with van der Waals surface area (Å²) in [6.45, 7) is 0.378. The van der Waals surface area contributed by atoms with Crippen molar-refractivity contribution in [2.24, 2.45) is 0 Å². The number of hydrogen-bond donors (Lipinski definition) is 1. The van der Waals surface area contributed by atoms with Gasteiger partial charge in [-0.2, -0.15) is 0 Å². The number of nitrogens with one attached hydrogen (secondary N) is 1. The molecule has 7 heteroatoms. The molecule has 1 saturated heterocycles. The summed E-state index contributed by atoms with van der Waals surface area (Å²) in [6.07, 6.45) is 1.54. The van der Waals surface area contributed by atoms with Gasteiger partial charge >= 0.3 is 0 Å². The third kappa shape index (κ3) is 4.46. The number of benzene rings is 3. The molecule has 0 atom stereocenters. The lowest BCUT2D eigenvalue weighted by molar-refractivity contribution is -0.117. The summed E-state index contributed by atoms with van der Waals surface area (Å²) in [4.78, 5) is 25.2. The van der Waals surface area contributed by atoms with E-state index >= 15 is 0 Å². The summed E-state index contributed by atoms with van der Waals surface area (Å²) in [5.41, 5.74) is 4.87. The van der Waals surface area contributed by atoms with Crippen molar-refractivity contribution >= 4 is 39.5 Å². The second-order valence-electron chi connectivity index (χ2n) is 6.78. The number of rotatable bonds is 6. The molecule has 1 N–H and O–H groups in total. The highest BCUT2D eigenvalue weighted by molar-refractivity contribution is 9.10. The molecule has 1 fully saturated rings. The van der Waals surface area contributed by atoms with E-state index in [0.29, 0.717) is 33.8 Å². The molecule has 0 aliphatic carbocycles. The van der Waals surface area contributed by atoms with E-state index in [0.717, 1.165) is 5.56 Å². The highest BCUT2D eigenvalue weighted by Gasteiger charge is 2.34. The van der Waals surface area contributed by atoms with Crippen LogP contribution in [0.15, 0.2) is 82.8 Å². The number of amides is 2. The van der Waals surface area contributed by atoms with Gasteiger partial charge in [-0.05, 0) is 57.4 Å². The molecule has 0 radical (unpaired) electrons. The van der Waals surface area contributed by atoms with Gasteiger partial charge in [-0.1, -0.05) is 48.5 Å². The second kappa shape index (κ2) is 9.06. The van der Waals surface area contributed by atoms with Crippen molar-refractivity contribution in [1.82, 2.24) is 5.43 Å². The Morgan fingerprint density at radius 2 is 1.68 bits per heavy atom. The van der Waals surface area contributed by atoms with Crippen LogP contribution in [0.3, 0.4) is 0 Å². The van der Waals surface area contributed by atoms with Gasteiger partial charge in [0.25, 0.3) is 11.8 Å². The van der Waals surface area contributed by atoms with Crippen LogP contribution in [0.5, 0.6) is 11.5 Å². The Labute approximate surface area is 188 Å². The van der Waals surface area contributed by atoms with Crippen LogP contribution < -0.4 is 19.9 Å². The number of carbonyl (C=O) groups is 2. The molecular weight excluding hydrogens is 460 g/mol. The Balaban J connectivity index is 1.60. The molecule has 31 heavy (non-hydrogen) atoms. The Bertz CT molecular complexity index is 1150. The Hall–Kier alpha value is -3.58. The fourth-order valence-electron chi connectivity index (χ4n) is 3.18. The average molecular weight is 479 g/mol. The number of anilines is 1. The first-order chi connectivity index (χ1) is 15.1. The number of ether oxygens (including phenoxy) is 2. The van der Waals surface area contributed by atoms with Crippen molar-refractivity contribution in [2.75, 3.05) is 12.1 Å². The smallest absolute Gasteiger partial charge is 0.282 e. The predicted octanol–water partition coefficient (Wildman–Crippen LogP) is 4.50. The van der Waals surface area contributed by atoms with Gasteiger partial charge in [-0.15, -0.1) is 0 Å². The first-order valence-electron chi connectivity index (χ1n) is 9.53. The minimum absolute atomic E-state index is 0.0377. The molecule has 1 heterocycles. The van der Waals surface area contributed by atoms with Crippen molar-refractivity contribution in [3.05, 3.63) is 94.0 Å². The van der Waals surface area contributed by atoms with Gasteiger partial charge in [-0.25, -0.2) is 5.01 Å². The van der Waals surface area contributed by atoms with Crippen LogP contribution in [0.1, 0.15) is 11.1 Å². The SMILES string of the molecule is COc1cc(/C=C2\C(=O)NN(c3ccccc3)C2=O)cc(Br)c1OCc1ccccc1. The molecule has 0 spiro atoms. The maximum Gasteiger partial charge on any atom is 0.282 e. The minimum Gasteiger partial charge on any atom is -0.493 e. The first kappa shape index (κ1) is 20.7. The third-order valence-corrected chi connectivity index (χ3v) is 5.28. The van der Waals surface area contributed by atoms with Crippen LogP contribution in [-0.2, 0) is 16.2 Å². The van der Waals surface area contributed by atoms with Crippen LogP contribution >= 0.6 is 15.9 Å². The summed E-state index contributed by atoms with van der Waals surface area (Å²) in [5, 5.41) is 1.23. The number of hydrazine groups is 1. The topological polar surface area (TPSA) is 67.9 Å². The van der Waals surface area contributed by atoms with Crippen LogP contribution in [0, 0.1) is 0 Å². The molecular formula is C24H19BrN2O4. The molecule has 2 amide bonds. The maximum atomic E-state index is 12.8. The molecule has 0 bridgehead atoms. The van der Waals surface area contributed by atoms with Gasteiger partial charge in [-0.3, -0.25) is 15.0 Å². The van der Waals surface area contributed by atoms with Gasteiger partial charge in [0.1, 0.15) is 12.2 Å². The number of nitrogens with zero attached hydrogens (tertiary/aromatic N) is 1. The second-order valence-corrected chi connectivity index (χ2v) is 7.64. The van der Waals surface area contributed by atoms with E-state index in [1.807, 2.05) is 36.4 Å². The van der Waals surface area contributed by atoms with Crippen molar-refractivity contribution < 1.29 is 19.1 Å². The largest absolute Gasteiger partial charge is 0.493 e. The van der Waals surface area contributed by atoms with Gasteiger partial charge < -0.3 is 9.47 Å². The van der Waals surface area contributed by atoms with E-state index in [2.05, 4.69) is 21.4 Å². The zero-order chi connectivity index (χ0) is 21.8. The molecule has 156 valence electrons. The fraction of sp³-hybridized carbons (Fsp3) is 0.0833. The number of hydrogen-bond acceptors (Lipinski definition) is 4. The molecule has 4 rings (SSSR count). The van der Waals surface area contributed by atoms with Crippen LogP contribution in [0.4, 0.5) is 5.69 Å². The summed E-state index contributed by atoms with van der Waals surface area (Å²) in [5.74, 6) is 0.147. The van der Waals surface area contributed by atoms with E-state index in [4.69, 9.17) is 9.47 Å². The van der Waals surface area contributed by atoms with Crippen LogP contribution in [0.2, 0.25) is 0 Å². The Morgan fingerprint density at radius 1 is 1.00 bits per heavy atom. The zero-order valence-corrected chi connectivity index (χ0v) is 18.3. The third-order valence-electron chi connectivity index (χ3n) is 4.69. The van der Waals surface area contributed by atoms with Crippen molar-refractivity contribution in [3.8, 4) is 11.5 Å². The van der Waals surface area contributed by atoms with E-state index < -0.39 is 11.8 Å².